The lowest BCUT2D eigenvalue weighted by Gasteiger charge is -2.06. The lowest BCUT2D eigenvalue weighted by molar-refractivity contribution is 0.0696. The Kier molecular flexibility index (Phi) is 3.67. The Morgan fingerprint density at radius 1 is 1.22 bits per heavy atom. The highest BCUT2D eigenvalue weighted by atomic mass is 32.2. The van der Waals surface area contributed by atoms with E-state index in [2.05, 4.69) is 0 Å². The van der Waals surface area contributed by atoms with Gasteiger partial charge in [-0.05, 0) is 42.8 Å². The summed E-state index contributed by atoms with van der Waals surface area (Å²) in [7, 11) is 0. The average Bonchev–Trinajstić information content (AvgIpc) is 2.31. The summed E-state index contributed by atoms with van der Waals surface area (Å²) in [6.45, 7) is 1.90. The van der Waals surface area contributed by atoms with E-state index in [9.17, 15) is 9.18 Å². The second kappa shape index (κ2) is 5.23. The third kappa shape index (κ3) is 2.90. The van der Waals surface area contributed by atoms with Gasteiger partial charge in [0, 0.05) is 9.79 Å². The molecule has 92 valence electrons. The van der Waals surface area contributed by atoms with Crippen LogP contribution in [-0.2, 0) is 0 Å². The van der Waals surface area contributed by atoms with E-state index in [0.717, 1.165) is 15.4 Å². The fourth-order valence-corrected chi connectivity index (χ4v) is 2.49. The number of hydrogen-bond acceptors (Lipinski definition) is 2. The van der Waals surface area contributed by atoms with Crippen molar-refractivity contribution in [2.24, 2.45) is 0 Å². The van der Waals surface area contributed by atoms with Crippen molar-refractivity contribution < 1.29 is 14.3 Å². The normalized spacial score (nSPS) is 10.3. The molecule has 0 radical (unpaired) electrons. The molecule has 2 nitrogen and oxygen atoms in total. The van der Waals surface area contributed by atoms with Gasteiger partial charge in [-0.3, -0.25) is 0 Å². The Morgan fingerprint density at radius 2 is 2.00 bits per heavy atom. The van der Waals surface area contributed by atoms with E-state index in [0.29, 0.717) is 0 Å². The molecule has 4 heteroatoms. The number of carbonyl (C=O) groups is 1. The molecule has 0 amide bonds. The van der Waals surface area contributed by atoms with Gasteiger partial charge in [0.2, 0.25) is 0 Å². The summed E-state index contributed by atoms with van der Waals surface area (Å²) in [6, 6.07) is 11.2. The smallest absolute Gasteiger partial charge is 0.335 e. The Labute approximate surface area is 108 Å². The van der Waals surface area contributed by atoms with Crippen molar-refractivity contribution in [3.8, 4) is 0 Å². The van der Waals surface area contributed by atoms with Crippen molar-refractivity contribution in [1.82, 2.24) is 0 Å². The minimum Gasteiger partial charge on any atom is -0.478 e. The zero-order valence-corrected chi connectivity index (χ0v) is 10.5. The first-order chi connectivity index (χ1) is 8.56. The fourth-order valence-electron chi connectivity index (χ4n) is 1.50. The summed E-state index contributed by atoms with van der Waals surface area (Å²) in [5.41, 5.74) is 1.20. The molecule has 0 atom stereocenters. The molecule has 0 saturated carbocycles. The third-order valence-corrected chi connectivity index (χ3v) is 3.61. The summed E-state index contributed by atoms with van der Waals surface area (Å²) in [5.74, 6) is -1.26. The van der Waals surface area contributed by atoms with Crippen LogP contribution < -0.4 is 0 Å². The maximum Gasteiger partial charge on any atom is 0.335 e. The first-order valence-electron chi connectivity index (χ1n) is 5.33. The van der Waals surface area contributed by atoms with Crippen molar-refractivity contribution in [1.29, 1.82) is 0 Å². The largest absolute Gasteiger partial charge is 0.478 e. The van der Waals surface area contributed by atoms with Crippen molar-refractivity contribution in [2.45, 2.75) is 16.7 Å². The molecule has 2 aromatic carbocycles. The fraction of sp³-hybridized carbons (Fsp3) is 0.0714. The highest BCUT2D eigenvalue weighted by molar-refractivity contribution is 7.99. The van der Waals surface area contributed by atoms with E-state index < -0.39 is 5.97 Å². The Bertz CT molecular complexity index is 596. The van der Waals surface area contributed by atoms with Gasteiger partial charge in [0.25, 0.3) is 0 Å². The SMILES string of the molecule is Cc1ccc(C(=O)O)cc1Sc1cccc(F)c1. The van der Waals surface area contributed by atoms with Crippen molar-refractivity contribution in [3.05, 3.63) is 59.4 Å². The molecule has 0 aromatic heterocycles. The average molecular weight is 262 g/mol. The van der Waals surface area contributed by atoms with Gasteiger partial charge < -0.3 is 5.11 Å². The van der Waals surface area contributed by atoms with Crippen LogP contribution in [0.1, 0.15) is 15.9 Å². The van der Waals surface area contributed by atoms with Gasteiger partial charge in [-0.25, -0.2) is 9.18 Å². The molecule has 0 saturated heterocycles. The number of halogens is 1. The van der Waals surface area contributed by atoms with Crippen LogP contribution >= 0.6 is 11.8 Å². The standard InChI is InChI=1S/C14H11FO2S/c1-9-5-6-10(14(16)17)7-13(9)18-12-4-2-3-11(15)8-12/h2-8H,1H3,(H,16,17). The van der Waals surface area contributed by atoms with Crippen molar-refractivity contribution >= 4 is 17.7 Å². The molecule has 1 N–H and O–H groups in total. The van der Waals surface area contributed by atoms with Crippen LogP contribution in [0.2, 0.25) is 0 Å². The molecule has 0 bridgehead atoms. The molecule has 0 heterocycles. The number of aromatic carboxylic acids is 1. The third-order valence-electron chi connectivity index (χ3n) is 2.46. The molecule has 0 spiro atoms. The molecule has 0 aliphatic carbocycles. The van der Waals surface area contributed by atoms with Crippen molar-refractivity contribution in [3.63, 3.8) is 0 Å². The molecule has 18 heavy (non-hydrogen) atoms. The van der Waals surface area contributed by atoms with E-state index >= 15 is 0 Å². The van der Waals surface area contributed by atoms with Gasteiger partial charge in [-0.15, -0.1) is 0 Å². The van der Waals surface area contributed by atoms with Crippen LogP contribution in [-0.4, -0.2) is 11.1 Å². The zero-order valence-electron chi connectivity index (χ0n) is 9.68. The molecule has 0 aliphatic heterocycles. The summed E-state index contributed by atoms with van der Waals surface area (Å²) >= 11 is 1.36. The molecule has 2 aromatic rings. The maximum absolute atomic E-state index is 13.1. The molecular weight excluding hydrogens is 251 g/mol. The van der Waals surface area contributed by atoms with Crippen LogP contribution in [0.3, 0.4) is 0 Å². The van der Waals surface area contributed by atoms with E-state index in [1.165, 1.54) is 23.9 Å². The first kappa shape index (κ1) is 12.6. The van der Waals surface area contributed by atoms with E-state index in [1.54, 1.807) is 30.3 Å². The first-order valence-corrected chi connectivity index (χ1v) is 6.15. The summed E-state index contributed by atoms with van der Waals surface area (Å²) < 4.78 is 13.1. The summed E-state index contributed by atoms with van der Waals surface area (Å²) in [6.07, 6.45) is 0. The molecule has 0 fully saturated rings. The molecule has 2 rings (SSSR count). The van der Waals surface area contributed by atoms with Crippen LogP contribution in [0.5, 0.6) is 0 Å². The highest BCUT2D eigenvalue weighted by Crippen LogP contribution is 2.31. The Balaban J connectivity index is 2.33. The van der Waals surface area contributed by atoms with E-state index in [1.807, 2.05) is 6.92 Å². The van der Waals surface area contributed by atoms with Crippen LogP contribution in [0.4, 0.5) is 4.39 Å². The zero-order chi connectivity index (χ0) is 13.1. The number of carboxylic acid groups (broad SMARTS) is 1. The lowest BCUT2D eigenvalue weighted by Crippen LogP contribution is -1.96. The number of rotatable bonds is 3. The molecular formula is C14H11FO2S. The van der Waals surface area contributed by atoms with E-state index in [4.69, 9.17) is 5.11 Å². The van der Waals surface area contributed by atoms with Gasteiger partial charge in [-0.2, -0.15) is 0 Å². The second-order valence-corrected chi connectivity index (χ2v) is 4.96. The minimum atomic E-state index is -0.962. The van der Waals surface area contributed by atoms with Gasteiger partial charge in [-0.1, -0.05) is 23.9 Å². The topological polar surface area (TPSA) is 37.3 Å². The van der Waals surface area contributed by atoms with Crippen LogP contribution in [0.15, 0.2) is 52.3 Å². The van der Waals surface area contributed by atoms with Crippen LogP contribution in [0, 0.1) is 12.7 Å². The predicted molar refractivity (Wildman–Crippen MR) is 68.7 cm³/mol. The summed E-state index contributed by atoms with van der Waals surface area (Å²) in [4.78, 5) is 12.5. The Morgan fingerprint density at radius 3 is 2.67 bits per heavy atom. The summed E-state index contributed by atoms with van der Waals surface area (Å²) in [5, 5.41) is 8.94. The number of aryl methyl sites for hydroxylation is 1. The highest BCUT2D eigenvalue weighted by Gasteiger charge is 2.07. The Hall–Kier alpha value is -1.81. The minimum absolute atomic E-state index is 0.236. The quantitative estimate of drug-likeness (QED) is 0.909. The number of hydrogen-bond donors (Lipinski definition) is 1. The van der Waals surface area contributed by atoms with Crippen LogP contribution in [0.25, 0.3) is 0 Å². The van der Waals surface area contributed by atoms with Gasteiger partial charge in [0.05, 0.1) is 5.56 Å². The second-order valence-electron chi connectivity index (χ2n) is 3.84. The number of benzene rings is 2. The van der Waals surface area contributed by atoms with Gasteiger partial charge in [0.1, 0.15) is 5.82 Å². The predicted octanol–water partition coefficient (Wildman–Crippen LogP) is 3.98. The lowest BCUT2D eigenvalue weighted by atomic mass is 10.1. The van der Waals surface area contributed by atoms with E-state index in [-0.39, 0.29) is 11.4 Å². The van der Waals surface area contributed by atoms with Crippen molar-refractivity contribution in [2.75, 3.05) is 0 Å². The maximum atomic E-state index is 13.1. The van der Waals surface area contributed by atoms with Gasteiger partial charge >= 0.3 is 5.97 Å². The monoisotopic (exact) mass is 262 g/mol. The number of carboxylic acids is 1. The molecule has 0 aliphatic rings. The van der Waals surface area contributed by atoms with Gasteiger partial charge in [0.15, 0.2) is 0 Å². The molecule has 0 unspecified atom stereocenters.